The van der Waals surface area contributed by atoms with E-state index in [-0.39, 0.29) is 31.1 Å². The maximum absolute atomic E-state index is 12.9. The number of carbonyl (C=O) groups excluding carboxylic acids is 3. The van der Waals surface area contributed by atoms with E-state index in [4.69, 9.17) is 14.2 Å². The van der Waals surface area contributed by atoms with Crippen molar-refractivity contribution in [3.05, 3.63) is 134 Å². The highest BCUT2D eigenvalue weighted by atomic mass is 16.6. The van der Waals surface area contributed by atoms with Gasteiger partial charge in [0, 0.05) is 19.3 Å². The molecule has 0 saturated carbocycles. The van der Waals surface area contributed by atoms with Crippen molar-refractivity contribution in [2.24, 2.45) is 0 Å². The van der Waals surface area contributed by atoms with Gasteiger partial charge in [0.15, 0.2) is 6.10 Å². The van der Waals surface area contributed by atoms with Crippen LogP contribution in [0.5, 0.6) is 0 Å². The molecular weight excluding hydrogens is 973 g/mol. The smallest absolute Gasteiger partial charge is 0.306 e. The van der Waals surface area contributed by atoms with Crippen LogP contribution in [0.2, 0.25) is 0 Å². The molecule has 0 rings (SSSR count). The van der Waals surface area contributed by atoms with Gasteiger partial charge in [0.2, 0.25) is 0 Å². The first-order valence-electron chi connectivity index (χ1n) is 32.7. The molecule has 0 aliphatic carbocycles. The summed E-state index contributed by atoms with van der Waals surface area (Å²) in [6.45, 7) is 6.46. The number of ether oxygens (including phenoxy) is 3. The highest BCUT2D eigenvalue weighted by molar-refractivity contribution is 5.71. The summed E-state index contributed by atoms with van der Waals surface area (Å²) >= 11 is 0. The minimum Gasteiger partial charge on any atom is -0.462 e. The van der Waals surface area contributed by atoms with E-state index in [2.05, 4.69) is 154 Å². The molecule has 0 aliphatic rings. The molecule has 79 heavy (non-hydrogen) atoms. The lowest BCUT2D eigenvalue weighted by atomic mass is 10.1. The van der Waals surface area contributed by atoms with Gasteiger partial charge in [-0.1, -0.05) is 283 Å². The van der Waals surface area contributed by atoms with Crippen molar-refractivity contribution in [2.75, 3.05) is 13.2 Å². The topological polar surface area (TPSA) is 78.9 Å². The zero-order chi connectivity index (χ0) is 57.1. The zero-order valence-electron chi connectivity index (χ0n) is 51.3. The molecule has 0 N–H and O–H groups in total. The molecule has 0 aromatic heterocycles. The summed E-state index contributed by atoms with van der Waals surface area (Å²) in [5, 5.41) is 0. The van der Waals surface area contributed by atoms with E-state index in [0.29, 0.717) is 19.3 Å². The lowest BCUT2D eigenvalue weighted by Gasteiger charge is -2.18. The van der Waals surface area contributed by atoms with Crippen LogP contribution in [0.3, 0.4) is 0 Å². The number of unbranched alkanes of at least 4 members (excludes halogenated alkanes) is 25. The fourth-order valence-electron chi connectivity index (χ4n) is 8.76. The monoisotopic (exact) mass is 1090 g/mol. The average Bonchev–Trinajstić information content (AvgIpc) is 3.45. The van der Waals surface area contributed by atoms with Gasteiger partial charge in [-0.3, -0.25) is 14.4 Å². The highest BCUT2D eigenvalue weighted by Gasteiger charge is 2.19. The molecule has 0 aromatic rings. The van der Waals surface area contributed by atoms with Gasteiger partial charge in [-0.05, 0) is 122 Å². The Hall–Kier alpha value is -4.45. The molecule has 0 aromatic carbocycles. The lowest BCUT2D eigenvalue weighted by Crippen LogP contribution is -2.30. The van der Waals surface area contributed by atoms with Crippen molar-refractivity contribution in [3.63, 3.8) is 0 Å². The molecule has 0 heterocycles. The molecular formula is C73H120O6. The van der Waals surface area contributed by atoms with Gasteiger partial charge in [-0.25, -0.2) is 0 Å². The van der Waals surface area contributed by atoms with Crippen LogP contribution in [0.1, 0.15) is 290 Å². The second-order valence-corrected chi connectivity index (χ2v) is 21.3. The summed E-state index contributed by atoms with van der Waals surface area (Å²) in [4.78, 5) is 38.1. The van der Waals surface area contributed by atoms with Gasteiger partial charge in [0.1, 0.15) is 13.2 Å². The number of hydrogen-bond acceptors (Lipinski definition) is 6. The molecule has 0 saturated heterocycles. The molecule has 0 fully saturated rings. The first-order valence-corrected chi connectivity index (χ1v) is 32.7. The van der Waals surface area contributed by atoms with E-state index in [1.54, 1.807) is 0 Å². The molecule has 1 atom stereocenters. The summed E-state index contributed by atoms with van der Waals surface area (Å²) in [6.07, 6.45) is 93.4. The Labute approximate surface area is 487 Å². The standard InChI is InChI=1S/C73H120O6/c1-4-7-10-13-16-18-20-22-24-26-28-30-31-32-33-34-35-36-37-38-39-40-41-43-44-46-48-50-52-54-57-60-63-66-72(75)78-69-70(68-77-71(74)65-62-59-56-15-12-9-6-3)79-73(76)67-64-61-58-55-53-51-49-47-45-42-29-27-25-23-21-19-17-14-11-8-5-2/h7,10,16,18,21-24,27-30,32-33,35-36,38-39,41,43,45,47,70H,4-6,8-9,11-15,17,19-20,25-26,31,34,37,40,42,44,46,48-69H2,1-3H3/b10-7-,18-16-,23-21-,24-22-,29-27-,30-28-,33-32-,36-35-,39-38-,43-41-,47-45-. The minimum absolute atomic E-state index is 0.0876. The van der Waals surface area contributed by atoms with Crippen molar-refractivity contribution < 1.29 is 28.6 Å². The van der Waals surface area contributed by atoms with E-state index in [9.17, 15) is 14.4 Å². The van der Waals surface area contributed by atoms with Gasteiger partial charge < -0.3 is 14.2 Å². The third-order valence-corrected chi connectivity index (χ3v) is 13.6. The SMILES string of the molecule is CC/C=C\C/C=C\C/C=C\C/C=C\C/C=C\C/C=C\C/C=C\C/C=C\CCCCCCCCCCC(=O)OCC(COC(=O)CCCCCCCCC)OC(=O)CCCCCCCC/C=C\C/C=C\C/C=C\CCCCCCC. The van der Waals surface area contributed by atoms with Gasteiger partial charge in [0.05, 0.1) is 0 Å². The number of rotatable bonds is 58. The van der Waals surface area contributed by atoms with Crippen molar-refractivity contribution in [1.82, 2.24) is 0 Å². The summed E-state index contributed by atoms with van der Waals surface area (Å²) in [6, 6.07) is 0. The normalized spacial score (nSPS) is 13.0. The van der Waals surface area contributed by atoms with Gasteiger partial charge in [0.25, 0.3) is 0 Å². The third-order valence-electron chi connectivity index (χ3n) is 13.6. The number of hydrogen-bond donors (Lipinski definition) is 0. The van der Waals surface area contributed by atoms with Crippen molar-refractivity contribution >= 4 is 17.9 Å². The molecule has 448 valence electrons. The minimum atomic E-state index is -0.790. The summed E-state index contributed by atoms with van der Waals surface area (Å²) in [5.74, 6) is -0.914. The Morgan fingerprint density at radius 2 is 0.494 bits per heavy atom. The average molecular weight is 1090 g/mol. The van der Waals surface area contributed by atoms with E-state index in [0.717, 1.165) is 141 Å². The molecule has 1 unspecified atom stereocenters. The maximum atomic E-state index is 12.9. The van der Waals surface area contributed by atoms with Crippen LogP contribution in [-0.2, 0) is 28.6 Å². The van der Waals surface area contributed by atoms with Gasteiger partial charge in [-0.15, -0.1) is 0 Å². The summed E-state index contributed by atoms with van der Waals surface area (Å²) in [7, 11) is 0. The van der Waals surface area contributed by atoms with Gasteiger partial charge >= 0.3 is 17.9 Å². The second-order valence-electron chi connectivity index (χ2n) is 21.3. The van der Waals surface area contributed by atoms with Crippen molar-refractivity contribution in [1.29, 1.82) is 0 Å². The Bertz CT molecular complexity index is 1680. The van der Waals surface area contributed by atoms with Gasteiger partial charge in [-0.2, -0.15) is 0 Å². The number of esters is 3. The largest absolute Gasteiger partial charge is 0.462 e. The van der Waals surface area contributed by atoms with E-state index >= 15 is 0 Å². The van der Waals surface area contributed by atoms with Crippen LogP contribution in [0.15, 0.2) is 134 Å². The molecule has 0 aliphatic heterocycles. The van der Waals surface area contributed by atoms with Crippen LogP contribution >= 0.6 is 0 Å². The van der Waals surface area contributed by atoms with E-state index in [1.165, 1.54) is 109 Å². The maximum Gasteiger partial charge on any atom is 0.306 e. The van der Waals surface area contributed by atoms with Crippen molar-refractivity contribution in [3.8, 4) is 0 Å². The first kappa shape index (κ1) is 74.5. The lowest BCUT2D eigenvalue weighted by molar-refractivity contribution is -0.167. The fourth-order valence-corrected chi connectivity index (χ4v) is 8.76. The first-order chi connectivity index (χ1) is 39.0. The Morgan fingerprint density at radius 3 is 0.772 bits per heavy atom. The van der Waals surface area contributed by atoms with Crippen LogP contribution in [0, 0.1) is 0 Å². The third kappa shape index (κ3) is 64.3. The van der Waals surface area contributed by atoms with Crippen LogP contribution in [0.25, 0.3) is 0 Å². The van der Waals surface area contributed by atoms with Crippen molar-refractivity contribution in [2.45, 2.75) is 297 Å². The Morgan fingerprint density at radius 1 is 0.266 bits per heavy atom. The second kappa shape index (κ2) is 66.1. The molecule has 6 nitrogen and oxygen atoms in total. The quantitative estimate of drug-likeness (QED) is 0.0261. The van der Waals surface area contributed by atoms with E-state index in [1.807, 2.05) is 0 Å². The van der Waals surface area contributed by atoms with E-state index < -0.39 is 6.10 Å². The molecule has 0 spiro atoms. The molecule has 0 amide bonds. The molecule has 0 bridgehead atoms. The molecule has 0 radical (unpaired) electrons. The zero-order valence-corrected chi connectivity index (χ0v) is 51.3. The number of allylic oxidation sites excluding steroid dienone is 22. The summed E-state index contributed by atoms with van der Waals surface area (Å²) < 4.78 is 16.8. The fraction of sp³-hybridized carbons (Fsp3) is 0.658. The number of carbonyl (C=O) groups is 3. The predicted molar refractivity (Wildman–Crippen MR) is 343 cm³/mol. The highest BCUT2D eigenvalue weighted by Crippen LogP contribution is 2.15. The van der Waals surface area contributed by atoms with Crippen LogP contribution < -0.4 is 0 Å². The Balaban J connectivity index is 4.18. The molecule has 6 heteroatoms. The summed E-state index contributed by atoms with van der Waals surface area (Å²) in [5.41, 5.74) is 0. The predicted octanol–water partition coefficient (Wildman–Crippen LogP) is 22.5. The van der Waals surface area contributed by atoms with Crippen LogP contribution in [0.4, 0.5) is 0 Å². The Kier molecular flexibility index (Phi) is 62.3. The van der Waals surface area contributed by atoms with Crippen LogP contribution in [-0.4, -0.2) is 37.2 Å².